The zero-order chi connectivity index (χ0) is 23.2. The van der Waals surface area contributed by atoms with Gasteiger partial charge in [-0.25, -0.2) is 4.90 Å². The van der Waals surface area contributed by atoms with Crippen molar-refractivity contribution in [1.29, 1.82) is 0 Å². The summed E-state index contributed by atoms with van der Waals surface area (Å²) in [6.45, 7) is 3.11. The summed E-state index contributed by atoms with van der Waals surface area (Å²) in [7, 11) is 0. The smallest absolute Gasteiger partial charge is 0.327 e. The molecule has 0 bridgehead atoms. The summed E-state index contributed by atoms with van der Waals surface area (Å²) < 4.78 is 0. The van der Waals surface area contributed by atoms with E-state index in [0.29, 0.717) is 5.02 Å². The minimum Gasteiger partial charge on any atom is -0.480 e. The van der Waals surface area contributed by atoms with Crippen molar-refractivity contribution in [3.8, 4) is 0 Å². The van der Waals surface area contributed by atoms with Gasteiger partial charge < -0.3 is 10.2 Å². The summed E-state index contributed by atoms with van der Waals surface area (Å²) in [6.07, 6.45) is 2.01. The van der Waals surface area contributed by atoms with Gasteiger partial charge in [0.15, 0.2) is 5.54 Å². The number of benzene rings is 2. The first kappa shape index (κ1) is 22.2. The summed E-state index contributed by atoms with van der Waals surface area (Å²) in [5.41, 5.74) is -0.0916. The van der Waals surface area contributed by atoms with Crippen molar-refractivity contribution in [2.75, 3.05) is 4.90 Å². The van der Waals surface area contributed by atoms with E-state index < -0.39 is 47.3 Å². The van der Waals surface area contributed by atoms with E-state index in [1.165, 1.54) is 13.0 Å². The van der Waals surface area contributed by atoms with Crippen LogP contribution in [0.2, 0.25) is 5.02 Å². The largest absolute Gasteiger partial charge is 0.480 e. The molecule has 5 unspecified atom stereocenters. The Bertz CT molecular complexity index is 1120. The molecule has 0 saturated carbocycles. The molecule has 5 atom stereocenters. The highest BCUT2D eigenvalue weighted by atomic mass is 35.5. The lowest BCUT2D eigenvalue weighted by Gasteiger charge is -2.33. The Labute approximate surface area is 190 Å². The SMILES string of the molecule is Cc1ccc(N2C(=O)C3C(C=Cc4ccccc4)NC(C(=O)O)(C(C)O)C3C2=O)cc1Cl. The Morgan fingerprint density at radius 3 is 2.47 bits per heavy atom. The number of imide groups is 1. The number of hydrogen-bond donors (Lipinski definition) is 3. The summed E-state index contributed by atoms with van der Waals surface area (Å²) >= 11 is 6.20. The molecule has 0 aromatic heterocycles. The highest BCUT2D eigenvalue weighted by Crippen LogP contribution is 2.46. The maximum atomic E-state index is 13.5. The molecule has 2 heterocycles. The minimum absolute atomic E-state index is 0.278. The number of nitrogens with one attached hydrogen (secondary N) is 1. The number of carbonyl (C=O) groups excluding carboxylic acids is 2. The first-order valence-electron chi connectivity index (χ1n) is 10.2. The Morgan fingerprint density at radius 1 is 1.19 bits per heavy atom. The van der Waals surface area contributed by atoms with Crippen LogP contribution in [0.25, 0.3) is 6.08 Å². The predicted molar refractivity (Wildman–Crippen MR) is 120 cm³/mol. The number of anilines is 1. The van der Waals surface area contributed by atoms with Crippen LogP contribution >= 0.6 is 11.6 Å². The van der Waals surface area contributed by atoms with Crippen molar-refractivity contribution < 1.29 is 24.6 Å². The van der Waals surface area contributed by atoms with Crippen molar-refractivity contribution in [3.63, 3.8) is 0 Å². The van der Waals surface area contributed by atoms with E-state index in [1.807, 2.05) is 30.3 Å². The molecule has 2 aromatic rings. The van der Waals surface area contributed by atoms with E-state index in [4.69, 9.17) is 11.6 Å². The second-order valence-corrected chi connectivity index (χ2v) is 8.65. The minimum atomic E-state index is -2.01. The number of carboxylic acids is 1. The molecule has 2 aliphatic heterocycles. The fourth-order valence-electron chi connectivity index (χ4n) is 4.66. The molecule has 0 radical (unpaired) electrons. The number of amides is 2. The topological polar surface area (TPSA) is 107 Å². The standard InChI is InChI=1S/C24H23ClN2O5/c1-13-8-10-16(12-17(13)25)27-21(29)19-18(11-9-15-6-4-3-5-7-15)26-24(14(2)28,23(31)32)20(19)22(27)30/h3-12,14,18-20,26,28H,1-2H3,(H,31,32). The molecular formula is C24H23ClN2O5. The van der Waals surface area contributed by atoms with Crippen LogP contribution in [0.5, 0.6) is 0 Å². The molecule has 2 fully saturated rings. The first-order chi connectivity index (χ1) is 15.2. The van der Waals surface area contributed by atoms with Gasteiger partial charge in [0.1, 0.15) is 0 Å². The number of aliphatic carboxylic acids is 1. The summed E-state index contributed by atoms with van der Waals surface area (Å²) in [4.78, 5) is 40.3. The fraction of sp³-hybridized carbons (Fsp3) is 0.292. The van der Waals surface area contributed by atoms with Crippen LogP contribution < -0.4 is 10.2 Å². The average Bonchev–Trinajstić information content (AvgIpc) is 3.24. The lowest BCUT2D eigenvalue weighted by Crippen LogP contribution is -2.63. The van der Waals surface area contributed by atoms with Crippen molar-refractivity contribution in [2.24, 2.45) is 11.8 Å². The molecule has 2 saturated heterocycles. The number of aliphatic hydroxyl groups excluding tert-OH is 1. The van der Waals surface area contributed by atoms with Crippen molar-refractivity contribution >= 4 is 41.1 Å². The lowest BCUT2D eigenvalue weighted by molar-refractivity contribution is -0.154. The van der Waals surface area contributed by atoms with E-state index in [1.54, 1.807) is 31.2 Å². The lowest BCUT2D eigenvalue weighted by atomic mass is 9.77. The van der Waals surface area contributed by atoms with E-state index in [2.05, 4.69) is 5.32 Å². The Hall–Kier alpha value is -3.00. The molecular weight excluding hydrogens is 432 g/mol. The molecule has 7 nitrogen and oxygen atoms in total. The van der Waals surface area contributed by atoms with Gasteiger partial charge >= 0.3 is 5.97 Å². The highest BCUT2D eigenvalue weighted by molar-refractivity contribution is 6.32. The van der Waals surface area contributed by atoms with Crippen LogP contribution in [-0.2, 0) is 14.4 Å². The van der Waals surface area contributed by atoms with Crippen molar-refractivity contribution in [3.05, 3.63) is 70.8 Å². The molecule has 3 N–H and O–H groups in total. The monoisotopic (exact) mass is 454 g/mol. The first-order valence-corrected chi connectivity index (χ1v) is 10.6. The van der Waals surface area contributed by atoms with Gasteiger partial charge in [-0.1, -0.05) is 60.2 Å². The molecule has 2 amide bonds. The van der Waals surface area contributed by atoms with E-state index in [0.717, 1.165) is 16.0 Å². The molecule has 2 aromatic carbocycles. The predicted octanol–water partition coefficient (Wildman–Crippen LogP) is 2.64. The van der Waals surface area contributed by atoms with Gasteiger partial charge in [-0.15, -0.1) is 0 Å². The maximum Gasteiger partial charge on any atom is 0.327 e. The maximum absolute atomic E-state index is 13.5. The van der Waals surface area contributed by atoms with Crippen LogP contribution in [0.1, 0.15) is 18.1 Å². The molecule has 0 aliphatic carbocycles. The molecule has 0 spiro atoms. The number of carbonyl (C=O) groups is 3. The summed E-state index contributed by atoms with van der Waals surface area (Å²) in [5, 5.41) is 23.9. The highest BCUT2D eigenvalue weighted by Gasteiger charge is 2.69. The van der Waals surface area contributed by atoms with Gasteiger partial charge in [-0.05, 0) is 37.1 Å². The number of nitrogens with zero attached hydrogens (tertiary/aromatic N) is 1. The van der Waals surface area contributed by atoms with Gasteiger partial charge in [0, 0.05) is 11.1 Å². The van der Waals surface area contributed by atoms with Gasteiger partial charge in [-0.3, -0.25) is 19.7 Å². The van der Waals surface area contributed by atoms with Crippen molar-refractivity contribution in [2.45, 2.75) is 31.5 Å². The van der Waals surface area contributed by atoms with Gasteiger partial charge in [0.25, 0.3) is 0 Å². The summed E-state index contributed by atoms with van der Waals surface area (Å²) in [6, 6.07) is 13.3. The molecule has 32 heavy (non-hydrogen) atoms. The van der Waals surface area contributed by atoms with Gasteiger partial charge in [0.05, 0.1) is 23.6 Å². The third-order valence-corrected chi connectivity index (χ3v) is 6.76. The Morgan fingerprint density at radius 2 is 1.88 bits per heavy atom. The van der Waals surface area contributed by atoms with Crippen LogP contribution in [0.4, 0.5) is 5.69 Å². The Balaban J connectivity index is 1.80. The summed E-state index contributed by atoms with van der Waals surface area (Å²) in [5.74, 6) is -4.86. The number of rotatable bonds is 5. The number of aryl methyl sites for hydroxylation is 1. The molecule has 4 rings (SSSR count). The van der Waals surface area contributed by atoms with E-state index in [-0.39, 0.29) is 5.69 Å². The van der Waals surface area contributed by atoms with Crippen molar-refractivity contribution in [1.82, 2.24) is 5.32 Å². The van der Waals surface area contributed by atoms with E-state index in [9.17, 15) is 24.6 Å². The Kier molecular flexibility index (Phi) is 5.67. The number of fused-ring (bicyclic) bond motifs is 1. The third-order valence-electron chi connectivity index (χ3n) is 6.36. The number of aliphatic hydroxyl groups is 1. The fourth-order valence-corrected chi connectivity index (χ4v) is 4.84. The zero-order valence-corrected chi connectivity index (χ0v) is 18.3. The van der Waals surface area contributed by atoms with Gasteiger partial charge in [-0.2, -0.15) is 0 Å². The van der Waals surface area contributed by atoms with Gasteiger partial charge in [0.2, 0.25) is 11.8 Å². The molecule has 166 valence electrons. The van der Waals surface area contributed by atoms with E-state index >= 15 is 0 Å². The average molecular weight is 455 g/mol. The second-order valence-electron chi connectivity index (χ2n) is 8.24. The molecule has 2 aliphatic rings. The quantitative estimate of drug-likeness (QED) is 0.599. The zero-order valence-electron chi connectivity index (χ0n) is 17.5. The second kappa shape index (κ2) is 8.16. The normalized spacial score (nSPS) is 28.4. The van der Waals surface area contributed by atoms with Crippen LogP contribution in [0.15, 0.2) is 54.6 Å². The third kappa shape index (κ3) is 3.33. The number of halogens is 1. The number of hydrogen-bond acceptors (Lipinski definition) is 5. The number of carboxylic acid groups (broad SMARTS) is 1. The van der Waals surface area contributed by atoms with Crippen LogP contribution in [0.3, 0.4) is 0 Å². The molecule has 8 heteroatoms. The van der Waals surface area contributed by atoms with Crippen LogP contribution in [0, 0.1) is 18.8 Å². The van der Waals surface area contributed by atoms with Crippen LogP contribution in [-0.4, -0.2) is 45.7 Å².